The third-order valence-electron chi connectivity index (χ3n) is 2.62. The molecule has 1 unspecified atom stereocenters. The first-order valence-electron chi connectivity index (χ1n) is 5.41. The molecule has 92 valence electrons. The Morgan fingerprint density at radius 2 is 2.24 bits per heavy atom. The predicted molar refractivity (Wildman–Crippen MR) is 60.8 cm³/mol. The van der Waals surface area contributed by atoms with E-state index in [1.54, 1.807) is 6.20 Å². The molecule has 2 rings (SSSR count). The number of hydrogen-bond acceptors (Lipinski definition) is 6. The van der Waals surface area contributed by atoms with E-state index in [2.05, 4.69) is 46.3 Å². The Morgan fingerprint density at radius 1 is 1.47 bits per heavy atom. The number of nitrogens with one attached hydrogen (secondary N) is 1. The summed E-state index contributed by atoms with van der Waals surface area (Å²) in [5.74, 6) is 0.945. The van der Waals surface area contributed by atoms with Gasteiger partial charge in [-0.25, -0.2) is 0 Å². The van der Waals surface area contributed by atoms with Gasteiger partial charge in [0.15, 0.2) is 5.69 Å². The van der Waals surface area contributed by atoms with E-state index in [1.807, 2.05) is 0 Å². The maximum absolute atomic E-state index is 6.05. The second-order valence-electron chi connectivity index (χ2n) is 5.04. The first-order valence-corrected chi connectivity index (χ1v) is 5.41. The van der Waals surface area contributed by atoms with Crippen LogP contribution in [0.1, 0.15) is 26.7 Å². The van der Waals surface area contributed by atoms with Crippen molar-refractivity contribution < 1.29 is 4.52 Å². The van der Waals surface area contributed by atoms with Gasteiger partial charge in [-0.15, -0.1) is 0 Å². The number of aromatic nitrogens is 5. The maximum atomic E-state index is 6.05. The Labute approximate surface area is 98.8 Å². The minimum atomic E-state index is -0.0342. The van der Waals surface area contributed by atoms with E-state index in [1.165, 1.54) is 0 Å². The summed E-state index contributed by atoms with van der Waals surface area (Å²) in [6, 6.07) is -0.0342. The van der Waals surface area contributed by atoms with Crippen LogP contribution in [-0.4, -0.2) is 31.6 Å². The molecule has 0 aliphatic heterocycles. The number of nitrogens with two attached hydrogens (primary N) is 1. The third kappa shape index (κ3) is 2.68. The molecule has 0 fully saturated rings. The van der Waals surface area contributed by atoms with Gasteiger partial charge in [0.1, 0.15) is 0 Å². The molecule has 17 heavy (non-hydrogen) atoms. The molecule has 0 saturated heterocycles. The van der Waals surface area contributed by atoms with Gasteiger partial charge in [-0.2, -0.15) is 20.4 Å². The van der Waals surface area contributed by atoms with Gasteiger partial charge >= 0.3 is 0 Å². The topological polar surface area (TPSA) is 107 Å². The Bertz CT molecular complexity index is 469. The molecule has 3 N–H and O–H groups in total. The summed E-state index contributed by atoms with van der Waals surface area (Å²) in [5, 5.41) is 13.9. The van der Waals surface area contributed by atoms with Crippen molar-refractivity contribution in [3.63, 3.8) is 0 Å². The monoisotopic (exact) mass is 236 g/mol. The second-order valence-corrected chi connectivity index (χ2v) is 5.04. The summed E-state index contributed by atoms with van der Waals surface area (Å²) in [6.45, 7) is 6.23. The standard InChI is InChI=1S/C10H16N6O/c1-10(2,3)7(11)4-8-13-9(15-17-8)6-5-12-16-14-6/h5,7H,4,11H2,1-3H3,(H,12,14,16). The molecule has 2 aromatic rings. The van der Waals surface area contributed by atoms with E-state index >= 15 is 0 Å². The summed E-state index contributed by atoms with van der Waals surface area (Å²) in [7, 11) is 0. The van der Waals surface area contributed by atoms with Gasteiger partial charge in [-0.3, -0.25) is 0 Å². The van der Waals surface area contributed by atoms with Crippen molar-refractivity contribution >= 4 is 0 Å². The quantitative estimate of drug-likeness (QED) is 0.815. The fourth-order valence-corrected chi connectivity index (χ4v) is 1.25. The SMILES string of the molecule is CC(C)(C)C(N)Cc1nc(-c2cn[nH]n2)no1. The number of rotatable bonds is 3. The van der Waals surface area contributed by atoms with Crippen LogP contribution in [0.4, 0.5) is 0 Å². The molecular weight excluding hydrogens is 220 g/mol. The molecule has 0 bridgehead atoms. The summed E-state index contributed by atoms with van der Waals surface area (Å²) in [6.07, 6.45) is 2.09. The molecule has 0 aromatic carbocycles. The van der Waals surface area contributed by atoms with Crippen LogP contribution in [0.3, 0.4) is 0 Å². The highest BCUT2D eigenvalue weighted by Crippen LogP contribution is 2.21. The van der Waals surface area contributed by atoms with Crippen molar-refractivity contribution in [2.24, 2.45) is 11.1 Å². The molecule has 2 heterocycles. The van der Waals surface area contributed by atoms with Crippen LogP contribution in [-0.2, 0) is 6.42 Å². The Kier molecular flexibility index (Phi) is 2.93. The average Bonchev–Trinajstić information content (AvgIpc) is 2.83. The van der Waals surface area contributed by atoms with E-state index < -0.39 is 0 Å². The lowest BCUT2D eigenvalue weighted by Crippen LogP contribution is -2.36. The van der Waals surface area contributed by atoms with Gasteiger partial charge in [-0.05, 0) is 5.41 Å². The van der Waals surface area contributed by atoms with Crippen LogP contribution in [0.25, 0.3) is 11.5 Å². The first kappa shape index (κ1) is 11.7. The molecule has 0 amide bonds. The van der Waals surface area contributed by atoms with E-state index in [4.69, 9.17) is 10.3 Å². The van der Waals surface area contributed by atoms with Gasteiger partial charge in [-0.1, -0.05) is 25.9 Å². The van der Waals surface area contributed by atoms with Crippen molar-refractivity contribution in [2.45, 2.75) is 33.2 Å². The van der Waals surface area contributed by atoms with Crippen LogP contribution < -0.4 is 5.73 Å². The van der Waals surface area contributed by atoms with Gasteiger partial charge < -0.3 is 10.3 Å². The average molecular weight is 236 g/mol. The summed E-state index contributed by atoms with van der Waals surface area (Å²) < 4.78 is 5.13. The Morgan fingerprint density at radius 3 is 2.82 bits per heavy atom. The highest BCUT2D eigenvalue weighted by Gasteiger charge is 2.23. The number of aromatic amines is 1. The van der Waals surface area contributed by atoms with E-state index in [0.717, 1.165) is 0 Å². The zero-order valence-corrected chi connectivity index (χ0v) is 10.1. The van der Waals surface area contributed by atoms with Crippen LogP contribution in [0.15, 0.2) is 10.7 Å². The Hall–Kier alpha value is -1.76. The molecule has 7 nitrogen and oxygen atoms in total. The smallest absolute Gasteiger partial charge is 0.228 e. The highest BCUT2D eigenvalue weighted by atomic mass is 16.5. The van der Waals surface area contributed by atoms with Crippen molar-refractivity contribution in [3.8, 4) is 11.5 Å². The maximum Gasteiger partial charge on any atom is 0.228 e. The normalized spacial score (nSPS) is 13.9. The van der Waals surface area contributed by atoms with Crippen molar-refractivity contribution in [3.05, 3.63) is 12.1 Å². The minimum Gasteiger partial charge on any atom is -0.339 e. The summed E-state index contributed by atoms with van der Waals surface area (Å²) >= 11 is 0. The molecular formula is C10H16N6O. The molecule has 0 aliphatic carbocycles. The van der Waals surface area contributed by atoms with E-state index in [0.29, 0.717) is 23.8 Å². The molecule has 0 aliphatic rings. The van der Waals surface area contributed by atoms with E-state index in [9.17, 15) is 0 Å². The molecule has 7 heteroatoms. The predicted octanol–water partition coefficient (Wildman–Crippen LogP) is 0.771. The van der Waals surface area contributed by atoms with Crippen LogP contribution in [0, 0.1) is 5.41 Å². The highest BCUT2D eigenvalue weighted by molar-refractivity contribution is 5.44. The lowest BCUT2D eigenvalue weighted by Gasteiger charge is -2.25. The zero-order chi connectivity index (χ0) is 12.5. The molecule has 2 aromatic heterocycles. The van der Waals surface area contributed by atoms with Crippen LogP contribution >= 0.6 is 0 Å². The first-order chi connectivity index (χ1) is 7.97. The second kappa shape index (κ2) is 4.25. The third-order valence-corrected chi connectivity index (χ3v) is 2.62. The van der Waals surface area contributed by atoms with Gasteiger partial charge in [0.2, 0.25) is 11.7 Å². The number of hydrogen-bond donors (Lipinski definition) is 2. The molecule has 0 saturated carbocycles. The van der Waals surface area contributed by atoms with Crippen molar-refractivity contribution in [2.75, 3.05) is 0 Å². The van der Waals surface area contributed by atoms with Crippen LogP contribution in [0.5, 0.6) is 0 Å². The molecule has 1 atom stereocenters. The summed E-state index contributed by atoms with van der Waals surface area (Å²) in [4.78, 5) is 4.23. The fraction of sp³-hybridized carbons (Fsp3) is 0.600. The fourth-order valence-electron chi connectivity index (χ4n) is 1.25. The Balaban J connectivity index is 2.09. The zero-order valence-electron chi connectivity index (χ0n) is 10.1. The number of H-pyrrole nitrogens is 1. The minimum absolute atomic E-state index is 0.00250. The molecule has 0 radical (unpaired) electrons. The largest absolute Gasteiger partial charge is 0.339 e. The van der Waals surface area contributed by atoms with Crippen molar-refractivity contribution in [1.29, 1.82) is 0 Å². The van der Waals surface area contributed by atoms with Gasteiger partial charge in [0.05, 0.1) is 6.20 Å². The van der Waals surface area contributed by atoms with E-state index in [-0.39, 0.29) is 11.5 Å². The van der Waals surface area contributed by atoms with Gasteiger partial charge in [0, 0.05) is 12.5 Å². The lowest BCUT2D eigenvalue weighted by atomic mass is 9.85. The van der Waals surface area contributed by atoms with Gasteiger partial charge in [0.25, 0.3) is 0 Å². The number of nitrogens with zero attached hydrogens (tertiary/aromatic N) is 4. The van der Waals surface area contributed by atoms with Crippen molar-refractivity contribution in [1.82, 2.24) is 25.6 Å². The van der Waals surface area contributed by atoms with Crippen LogP contribution in [0.2, 0.25) is 0 Å². The summed E-state index contributed by atoms with van der Waals surface area (Å²) in [5.41, 5.74) is 6.61. The lowest BCUT2D eigenvalue weighted by molar-refractivity contribution is 0.286. The molecule has 0 spiro atoms.